The molecule has 16 heavy (non-hydrogen) atoms. The average molecular weight is 239 g/mol. The fraction of sp³-hybridized carbons (Fsp3) is 0.455. The second-order valence-electron chi connectivity index (χ2n) is 3.71. The quantitative estimate of drug-likeness (QED) is 0.815. The molecule has 0 saturated carbocycles. The maximum absolute atomic E-state index is 11.7. The van der Waals surface area contributed by atoms with Gasteiger partial charge in [-0.2, -0.15) is 11.8 Å². The smallest absolute Gasteiger partial charge is 0.272 e. The summed E-state index contributed by atoms with van der Waals surface area (Å²) < 4.78 is 0. The van der Waals surface area contributed by atoms with Crippen LogP contribution in [0.5, 0.6) is 0 Å². The van der Waals surface area contributed by atoms with Gasteiger partial charge in [0.15, 0.2) is 5.69 Å². The van der Waals surface area contributed by atoms with Gasteiger partial charge in [0.05, 0.1) is 5.69 Å². The lowest BCUT2D eigenvalue weighted by molar-refractivity contribution is 0.0945. The number of anilines is 1. The van der Waals surface area contributed by atoms with Gasteiger partial charge in [0.2, 0.25) is 0 Å². The van der Waals surface area contributed by atoms with Crippen LogP contribution in [0.3, 0.4) is 0 Å². The Morgan fingerprint density at radius 1 is 1.69 bits per heavy atom. The molecule has 88 valence electrons. The minimum atomic E-state index is -0.203. The predicted octanol–water partition coefficient (Wildman–Crippen LogP) is 1.39. The average Bonchev–Trinajstić information content (AvgIpc) is 2.27. The van der Waals surface area contributed by atoms with E-state index in [1.807, 2.05) is 0 Å². The van der Waals surface area contributed by atoms with Gasteiger partial charge in [-0.1, -0.05) is 6.92 Å². The molecule has 0 radical (unpaired) electrons. The summed E-state index contributed by atoms with van der Waals surface area (Å²) in [5.41, 5.74) is 6.38. The highest BCUT2D eigenvalue weighted by atomic mass is 32.2. The molecule has 1 rings (SSSR count). The zero-order valence-electron chi connectivity index (χ0n) is 9.56. The van der Waals surface area contributed by atoms with Crippen LogP contribution in [0.25, 0.3) is 0 Å². The Morgan fingerprint density at radius 2 is 2.44 bits per heavy atom. The Kier molecular flexibility index (Phi) is 5.11. The summed E-state index contributed by atoms with van der Waals surface area (Å²) in [6.07, 6.45) is 3.62. The summed E-state index contributed by atoms with van der Waals surface area (Å²) in [5, 5.41) is 2.83. The molecule has 0 bridgehead atoms. The van der Waals surface area contributed by atoms with Crippen LogP contribution < -0.4 is 11.1 Å². The molecular weight excluding hydrogens is 222 g/mol. The summed E-state index contributed by atoms with van der Waals surface area (Å²) in [4.78, 5) is 15.7. The molecule has 0 saturated heterocycles. The van der Waals surface area contributed by atoms with Crippen LogP contribution >= 0.6 is 11.8 Å². The molecule has 1 amide bonds. The van der Waals surface area contributed by atoms with E-state index < -0.39 is 0 Å². The highest BCUT2D eigenvalue weighted by molar-refractivity contribution is 7.98. The molecule has 3 N–H and O–H groups in total. The van der Waals surface area contributed by atoms with E-state index in [0.717, 1.165) is 5.75 Å². The molecule has 1 aromatic rings. The van der Waals surface area contributed by atoms with Gasteiger partial charge in [0, 0.05) is 12.7 Å². The number of thioether (sulfide) groups is 1. The van der Waals surface area contributed by atoms with Crippen LogP contribution in [0.2, 0.25) is 0 Å². The van der Waals surface area contributed by atoms with E-state index in [-0.39, 0.29) is 5.91 Å². The van der Waals surface area contributed by atoms with Crippen LogP contribution in [-0.2, 0) is 0 Å². The second-order valence-corrected chi connectivity index (χ2v) is 4.62. The summed E-state index contributed by atoms with van der Waals surface area (Å²) in [6, 6.07) is 3.38. The Morgan fingerprint density at radius 3 is 3.06 bits per heavy atom. The molecule has 5 heteroatoms. The zero-order valence-corrected chi connectivity index (χ0v) is 10.4. The lowest BCUT2D eigenvalue weighted by atomic mass is 10.2. The van der Waals surface area contributed by atoms with Crippen molar-refractivity contribution in [1.29, 1.82) is 0 Å². The number of rotatable bonds is 5. The summed E-state index contributed by atoms with van der Waals surface area (Å²) >= 11 is 1.77. The topological polar surface area (TPSA) is 68.0 Å². The number of carbonyl (C=O) groups excluding carboxylic acids is 1. The van der Waals surface area contributed by atoms with Gasteiger partial charge in [-0.25, -0.2) is 4.98 Å². The van der Waals surface area contributed by atoms with E-state index >= 15 is 0 Å². The fourth-order valence-electron chi connectivity index (χ4n) is 1.30. The normalized spacial score (nSPS) is 12.1. The first kappa shape index (κ1) is 12.8. The minimum absolute atomic E-state index is 0.203. The number of nitrogen functional groups attached to an aromatic ring is 1. The van der Waals surface area contributed by atoms with Crippen molar-refractivity contribution in [1.82, 2.24) is 10.3 Å². The molecule has 0 aliphatic rings. The van der Waals surface area contributed by atoms with Crippen molar-refractivity contribution in [2.45, 2.75) is 6.92 Å². The van der Waals surface area contributed by atoms with E-state index in [1.54, 1.807) is 30.1 Å². The SMILES string of the molecule is CSCC(C)CNC(=O)c1ncccc1N. The third kappa shape index (κ3) is 3.73. The number of pyridine rings is 1. The Hall–Kier alpha value is -1.23. The van der Waals surface area contributed by atoms with Gasteiger partial charge in [0.25, 0.3) is 5.91 Å². The number of nitrogens with one attached hydrogen (secondary N) is 1. The van der Waals surface area contributed by atoms with Crippen molar-refractivity contribution in [2.75, 3.05) is 24.3 Å². The van der Waals surface area contributed by atoms with Gasteiger partial charge >= 0.3 is 0 Å². The lowest BCUT2D eigenvalue weighted by Crippen LogP contribution is -2.30. The highest BCUT2D eigenvalue weighted by Gasteiger charge is 2.11. The molecule has 1 heterocycles. The van der Waals surface area contributed by atoms with Gasteiger partial charge in [-0.3, -0.25) is 4.79 Å². The highest BCUT2D eigenvalue weighted by Crippen LogP contribution is 2.07. The van der Waals surface area contributed by atoms with E-state index in [1.165, 1.54) is 0 Å². The Balaban J connectivity index is 2.50. The molecule has 4 nitrogen and oxygen atoms in total. The summed E-state index contributed by atoms with van der Waals surface area (Å²) in [5.74, 6) is 1.27. The third-order valence-electron chi connectivity index (χ3n) is 2.12. The van der Waals surface area contributed by atoms with Crippen molar-refractivity contribution in [3.63, 3.8) is 0 Å². The lowest BCUT2D eigenvalue weighted by Gasteiger charge is -2.11. The van der Waals surface area contributed by atoms with E-state index in [2.05, 4.69) is 23.5 Å². The van der Waals surface area contributed by atoms with Crippen LogP contribution in [-0.4, -0.2) is 29.4 Å². The van der Waals surface area contributed by atoms with Crippen molar-refractivity contribution in [3.8, 4) is 0 Å². The van der Waals surface area contributed by atoms with Crippen molar-refractivity contribution in [3.05, 3.63) is 24.0 Å². The van der Waals surface area contributed by atoms with Crippen molar-refractivity contribution in [2.24, 2.45) is 5.92 Å². The molecule has 0 aromatic carbocycles. The molecule has 1 atom stereocenters. The Labute approximate surface area is 100 Å². The number of nitrogens with zero attached hydrogens (tertiary/aromatic N) is 1. The number of carbonyl (C=O) groups is 1. The minimum Gasteiger partial charge on any atom is -0.397 e. The van der Waals surface area contributed by atoms with Gasteiger partial charge < -0.3 is 11.1 Å². The molecule has 1 unspecified atom stereocenters. The first-order chi connectivity index (χ1) is 7.65. The van der Waals surface area contributed by atoms with Crippen LogP contribution in [0, 0.1) is 5.92 Å². The van der Waals surface area contributed by atoms with Gasteiger partial charge in [0.1, 0.15) is 0 Å². The molecule has 0 aliphatic carbocycles. The summed E-state index contributed by atoms with van der Waals surface area (Å²) in [6.45, 7) is 2.74. The standard InChI is InChI=1S/C11H17N3OS/c1-8(7-16-2)6-14-11(15)10-9(12)4-3-5-13-10/h3-5,8H,6-7,12H2,1-2H3,(H,14,15). The molecule has 0 fully saturated rings. The number of aromatic nitrogens is 1. The zero-order chi connectivity index (χ0) is 12.0. The molecule has 1 aromatic heterocycles. The fourth-order valence-corrected chi connectivity index (χ4v) is 1.99. The van der Waals surface area contributed by atoms with E-state index in [0.29, 0.717) is 23.8 Å². The maximum Gasteiger partial charge on any atom is 0.272 e. The van der Waals surface area contributed by atoms with Gasteiger partial charge in [-0.05, 0) is 30.1 Å². The monoisotopic (exact) mass is 239 g/mol. The molecule has 0 spiro atoms. The summed E-state index contributed by atoms with van der Waals surface area (Å²) in [7, 11) is 0. The molecule has 0 aliphatic heterocycles. The van der Waals surface area contributed by atoms with E-state index in [9.17, 15) is 4.79 Å². The van der Waals surface area contributed by atoms with Crippen LogP contribution in [0.4, 0.5) is 5.69 Å². The number of hydrogen-bond acceptors (Lipinski definition) is 4. The second kappa shape index (κ2) is 6.37. The van der Waals surface area contributed by atoms with Crippen molar-refractivity contribution >= 4 is 23.4 Å². The first-order valence-electron chi connectivity index (χ1n) is 5.12. The van der Waals surface area contributed by atoms with Crippen molar-refractivity contribution < 1.29 is 4.79 Å². The van der Waals surface area contributed by atoms with E-state index in [4.69, 9.17) is 5.73 Å². The predicted molar refractivity (Wildman–Crippen MR) is 68.5 cm³/mol. The number of hydrogen-bond donors (Lipinski definition) is 2. The number of amides is 1. The van der Waals surface area contributed by atoms with Crippen LogP contribution in [0.15, 0.2) is 18.3 Å². The number of nitrogens with two attached hydrogens (primary N) is 1. The van der Waals surface area contributed by atoms with Gasteiger partial charge in [-0.15, -0.1) is 0 Å². The molecular formula is C11H17N3OS. The third-order valence-corrected chi connectivity index (χ3v) is 3.02. The Bertz CT molecular complexity index is 357. The first-order valence-corrected chi connectivity index (χ1v) is 6.52. The largest absolute Gasteiger partial charge is 0.397 e. The maximum atomic E-state index is 11.7. The van der Waals surface area contributed by atoms with Crippen LogP contribution in [0.1, 0.15) is 17.4 Å².